The summed E-state index contributed by atoms with van der Waals surface area (Å²) in [6, 6.07) is 3.82. The van der Waals surface area contributed by atoms with Crippen LogP contribution in [0.25, 0.3) is 0 Å². The third kappa shape index (κ3) is 2.52. The number of amides is 1. The quantitative estimate of drug-likeness (QED) is 0.834. The van der Waals surface area contributed by atoms with Gasteiger partial charge in [-0.2, -0.15) is 0 Å². The van der Waals surface area contributed by atoms with Crippen LogP contribution >= 0.6 is 11.8 Å². The highest BCUT2D eigenvalue weighted by Gasteiger charge is 2.24. The molecule has 0 unspecified atom stereocenters. The molecule has 6 heteroatoms. The molecule has 0 bridgehead atoms. The minimum atomic E-state index is -0.00364. The van der Waals surface area contributed by atoms with Crippen molar-refractivity contribution in [3.8, 4) is 0 Å². The molecule has 0 saturated carbocycles. The van der Waals surface area contributed by atoms with Gasteiger partial charge in [-0.3, -0.25) is 14.7 Å². The molecule has 1 fully saturated rings. The number of hydrogen-bond donors (Lipinski definition) is 0. The van der Waals surface area contributed by atoms with Gasteiger partial charge in [0, 0.05) is 25.8 Å². The first-order chi connectivity index (χ1) is 9.79. The Kier molecular flexibility index (Phi) is 3.91. The van der Waals surface area contributed by atoms with E-state index in [4.69, 9.17) is 0 Å². The van der Waals surface area contributed by atoms with Gasteiger partial charge in [0.25, 0.3) is 5.91 Å². The van der Waals surface area contributed by atoms with Gasteiger partial charge in [-0.25, -0.2) is 4.98 Å². The van der Waals surface area contributed by atoms with E-state index in [0.717, 1.165) is 24.1 Å². The zero-order valence-electron chi connectivity index (χ0n) is 11.6. The van der Waals surface area contributed by atoms with Gasteiger partial charge in [0.05, 0.1) is 12.1 Å². The van der Waals surface area contributed by atoms with Crippen molar-refractivity contribution in [3.05, 3.63) is 23.9 Å². The Morgan fingerprint density at radius 2 is 2.05 bits per heavy atom. The van der Waals surface area contributed by atoms with Gasteiger partial charge in [0.15, 0.2) is 5.17 Å². The van der Waals surface area contributed by atoms with Crippen LogP contribution in [-0.2, 0) is 0 Å². The topological polar surface area (TPSA) is 48.8 Å². The van der Waals surface area contributed by atoms with Gasteiger partial charge in [0.1, 0.15) is 5.82 Å². The van der Waals surface area contributed by atoms with Crippen molar-refractivity contribution in [2.75, 3.05) is 37.3 Å². The number of amidine groups is 1. The average Bonchev–Trinajstić information content (AvgIpc) is 3.17. The minimum Gasteiger partial charge on any atom is -0.357 e. The van der Waals surface area contributed by atoms with Crippen molar-refractivity contribution in [1.82, 2.24) is 9.88 Å². The summed E-state index contributed by atoms with van der Waals surface area (Å²) in [4.78, 5) is 25.2. The summed E-state index contributed by atoms with van der Waals surface area (Å²) in [5.41, 5.74) is 0.636. The lowest BCUT2D eigenvalue weighted by Gasteiger charge is -2.18. The molecule has 2 aliphatic rings. The van der Waals surface area contributed by atoms with Crippen molar-refractivity contribution in [1.29, 1.82) is 0 Å². The van der Waals surface area contributed by atoms with Crippen LogP contribution in [-0.4, -0.2) is 53.4 Å². The number of aliphatic imine (C=N–C) groups is 1. The molecule has 20 heavy (non-hydrogen) atoms. The fourth-order valence-corrected chi connectivity index (χ4v) is 3.21. The number of thioether (sulfide) groups is 1. The van der Waals surface area contributed by atoms with Gasteiger partial charge < -0.3 is 4.90 Å². The molecule has 1 aromatic rings. The van der Waals surface area contributed by atoms with Crippen molar-refractivity contribution >= 4 is 28.7 Å². The maximum absolute atomic E-state index is 12.4. The van der Waals surface area contributed by atoms with E-state index in [9.17, 15) is 4.79 Å². The Morgan fingerprint density at radius 1 is 1.25 bits per heavy atom. The first-order valence-corrected chi connectivity index (χ1v) is 8.13. The Bertz CT molecular complexity index is 522. The van der Waals surface area contributed by atoms with Crippen LogP contribution in [0, 0.1) is 0 Å². The summed E-state index contributed by atoms with van der Waals surface area (Å²) in [6.07, 6.45) is 6.08. The van der Waals surface area contributed by atoms with E-state index in [1.807, 2.05) is 18.4 Å². The molecule has 3 rings (SSSR count). The second-order valence-electron chi connectivity index (χ2n) is 4.92. The summed E-state index contributed by atoms with van der Waals surface area (Å²) in [5, 5.41) is 0.804. The van der Waals surface area contributed by atoms with Crippen LogP contribution in [0.5, 0.6) is 0 Å². The van der Waals surface area contributed by atoms with Crippen molar-refractivity contribution in [2.24, 2.45) is 4.99 Å². The second-order valence-corrected chi connectivity index (χ2v) is 5.70. The molecule has 2 aliphatic heterocycles. The number of pyridine rings is 1. The van der Waals surface area contributed by atoms with Crippen LogP contribution in [0.1, 0.15) is 23.2 Å². The molecule has 0 aliphatic carbocycles. The summed E-state index contributed by atoms with van der Waals surface area (Å²) in [5.74, 6) is 0.968. The summed E-state index contributed by atoms with van der Waals surface area (Å²) < 4.78 is 0. The smallest absolute Gasteiger partial charge is 0.261 e. The predicted molar refractivity (Wildman–Crippen MR) is 82.5 cm³/mol. The molecule has 0 atom stereocenters. The summed E-state index contributed by atoms with van der Waals surface area (Å²) in [6.45, 7) is 3.50. The molecule has 3 heterocycles. The number of anilines is 1. The Hall–Kier alpha value is -1.56. The predicted octanol–water partition coefficient (Wildman–Crippen LogP) is 1.86. The normalized spacial score (nSPS) is 18.6. The second kappa shape index (κ2) is 5.83. The lowest BCUT2D eigenvalue weighted by Crippen LogP contribution is -2.32. The average molecular weight is 290 g/mol. The molecule has 5 nitrogen and oxygen atoms in total. The van der Waals surface area contributed by atoms with Crippen molar-refractivity contribution in [3.63, 3.8) is 0 Å². The van der Waals surface area contributed by atoms with Crippen LogP contribution in [0.2, 0.25) is 0 Å². The molecule has 0 aromatic carbocycles. The van der Waals surface area contributed by atoms with Crippen LogP contribution in [0.15, 0.2) is 23.3 Å². The lowest BCUT2D eigenvalue weighted by atomic mass is 10.2. The fourth-order valence-electron chi connectivity index (χ4n) is 2.59. The zero-order chi connectivity index (χ0) is 13.9. The minimum absolute atomic E-state index is 0.00364. The third-order valence-electron chi connectivity index (χ3n) is 3.65. The Morgan fingerprint density at radius 3 is 2.70 bits per heavy atom. The van der Waals surface area contributed by atoms with Crippen LogP contribution in [0.3, 0.4) is 0 Å². The Balaban J connectivity index is 1.74. The molecular weight excluding hydrogens is 272 g/mol. The number of carbonyl (C=O) groups excluding carboxylic acids is 1. The summed E-state index contributed by atoms with van der Waals surface area (Å²) >= 11 is 1.51. The summed E-state index contributed by atoms with van der Waals surface area (Å²) in [7, 11) is 0. The molecular formula is C14H18N4OS. The number of hydrogen-bond acceptors (Lipinski definition) is 5. The van der Waals surface area contributed by atoms with Gasteiger partial charge in [-0.15, -0.1) is 0 Å². The molecule has 1 aromatic heterocycles. The van der Waals surface area contributed by atoms with Gasteiger partial charge >= 0.3 is 0 Å². The van der Waals surface area contributed by atoms with Gasteiger partial charge in [-0.1, -0.05) is 11.8 Å². The molecule has 0 N–H and O–H groups in total. The van der Waals surface area contributed by atoms with E-state index >= 15 is 0 Å². The van der Waals surface area contributed by atoms with Crippen molar-refractivity contribution in [2.45, 2.75) is 12.8 Å². The molecule has 0 radical (unpaired) electrons. The third-order valence-corrected chi connectivity index (χ3v) is 4.37. The molecule has 1 amide bonds. The van der Waals surface area contributed by atoms with E-state index < -0.39 is 0 Å². The highest BCUT2D eigenvalue weighted by Crippen LogP contribution is 2.19. The first-order valence-electron chi connectivity index (χ1n) is 6.91. The number of nitrogens with zero attached hydrogens (tertiary/aromatic N) is 4. The van der Waals surface area contributed by atoms with Crippen LogP contribution in [0.4, 0.5) is 5.82 Å². The monoisotopic (exact) mass is 290 g/mol. The highest BCUT2D eigenvalue weighted by atomic mass is 32.2. The highest BCUT2D eigenvalue weighted by molar-refractivity contribution is 8.13. The maximum atomic E-state index is 12.4. The molecule has 106 valence electrons. The van der Waals surface area contributed by atoms with E-state index in [-0.39, 0.29) is 5.91 Å². The molecule has 1 saturated heterocycles. The molecule has 0 spiro atoms. The van der Waals surface area contributed by atoms with Gasteiger partial charge in [0.2, 0.25) is 0 Å². The van der Waals surface area contributed by atoms with Gasteiger partial charge in [-0.05, 0) is 31.2 Å². The van der Waals surface area contributed by atoms with E-state index in [0.29, 0.717) is 18.7 Å². The van der Waals surface area contributed by atoms with Crippen LogP contribution < -0.4 is 4.90 Å². The van der Waals surface area contributed by atoms with Crippen molar-refractivity contribution < 1.29 is 4.79 Å². The number of aromatic nitrogens is 1. The van der Waals surface area contributed by atoms with E-state index in [2.05, 4.69) is 14.9 Å². The first kappa shape index (κ1) is 13.4. The Labute approximate surface area is 123 Å². The largest absolute Gasteiger partial charge is 0.357 e. The fraction of sp³-hybridized carbons (Fsp3) is 0.500. The lowest BCUT2D eigenvalue weighted by molar-refractivity contribution is 0.0860. The van der Waals surface area contributed by atoms with E-state index in [1.165, 1.54) is 24.6 Å². The number of carbonyl (C=O) groups is 1. The standard InChI is InChI=1S/C14H18N4OS/c1-20-14-15-6-9-18(14)13(19)11-4-5-12(16-10-11)17-7-2-3-8-17/h4-5,10H,2-3,6-9H2,1H3. The maximum Gasteiger partial charge on any atom is 0.261 e. The number of rotatable bonds is 2. The zero-order valence-corrected chi connectivity index (χ0v) is 12.4. The van der Waals surface area contributed by atoms with E-state index in [1.54, 1.807) is 11.1 Å². The SMILES string of the molecule is CSC1=NCCN1C(=O)c1ccc(N2CCCC2)nc1.